The molecule has 4 fully saturated rings. The smallest absolute Gasteiger partial charge is 0.284 e. The third kappa shape index (κ3) is 8.28. The summed E-state index contributed by atoms with van der Waals surface area (Å²) in [5, 5.41) is 19.2. The first-order valence-corrected chi connectivity index (χ1v) is 21.3. The third-order valence-corrected chi connectivity index (χ3v) is 13.2. The quantitative estimate of drug-likeness (QED) is 0.166. The summed E-state index contributed by atoms with van der Waals surface area (Å²) in [5.41, 5.74) is 8.61. The molecule has 3 amide bonds. The molecular formula is C42H52F3N13O3. The molecule has 1 saturated carbocycles. The minimum Gasteiger partial charge on any atom is -0.371 e. The molecule has 3 unspecified atom stereocenters. The largest absolute Gasteiger partial charge is 0.371 e. The van der Waals surface area contributed by atoms with Crippen molar-refractivity contribution in [2.24, 2.45) is 18.7 Å². The van der Waals surface area contributed by atoms with Gasteiger partial charge in [0.1, 0.15) is 17.6 Å². The molecular weight excluding hydrogens is 792 g/mol. The van der Waals surface area contributed by atoms with Crippen molar-refractivity contribution in [3.05, 3.63) is 59.8 Å². The second kappa shape index (κ2) is 16.7. The second-order valence-corrected chi connectivity index (χ2v) is 17.3. The predicted molar refractivity (Wildman–Crippen MR) is 223 cm³/mol. The first-order valence-electron chi connectivity index (χ1n) is 21.3. The van der Waals surface area contributed by atoms with Crippen molar-refractivity contribution in [1.29, 1.82) is 0 Å². The lowest BCUT2D eigenvalue weighted by Gasteiger charge is -2.40. The second-order valence-electron chi connectivity index (χ2n) is 17.3. The zero-order chi connectivity index (χ0) is 42.5. The summed E-state index contributed by atoms with van der Waals surface area (Å²) >= 11 is 0. The summed E-state index contributed by atoms with van der Waals surface area (Å²) < 4.78 is 47.7. The Labute approximate surface area is 350 Å². The molecule has 4 aromatic heterocycles. The van der Waals surface area contributed by atoms with Crippen molar-refractivity contribution in [3.8, 4) is 0 Å². The molecule has 0 radical (unpaired) electrons. The summed E-state index contributed by atoms with van der Waals surface area (Å²) in [5.74, 6) is -0.679. The van der Waals surface area contributed by atoms with Crippen LogP contribution >= 0.6 is 0 Å². The number of nitrogens with one attached hydrogen (secondary N) is 2. The van der Waals surface area contributed by atoms with Crippen LogP contribution in [0, 0.1) is 5.92 Å². The van der Waals surface area contributed by atoms with Crippen LogP contribution in [-0.2, 0) is 16.6 Å². The summed E-state index contributed by atoms with van der Waals surface area (Å²) in [6.07, 6.45) is 7.01. The van der Waals surface area contributed by atoms with Crippen LogP contribution in [0.15, 0.2) is 42.9 Å². The summed E-state index contributed by atoms with van der Waals surface area (Å²) in [6, 6.07) is 8.01. The van der Waals surface area contributed by atoms with Gasteiger partial charge in [0.25, 0.3) is 12.3 Å². The molecule has 4 aliphatic rings. The number of hydrogen-bond donors (Lipinski definition) is 3. The van der Waals surface area contributed by atoms with E-state index in [0.717, 1.165) is 74.7 Å². The number of nitrogens with two attached hydrogens (primary N) is 1. The number of aromatic nitrogens is 7. The van der Waals surface area contributed by atoms with Crippen molar-refractivity contribution in [1.82, 2.24) is 44.4 Å². The number of hydrogen-bond acceptors (Lipinski definition) is 11. The Kier molecular flexibility index (Phi) is 11.2. The highest BCUT2D eigenvalue weighted by Gasteiger charge is 2.34. The van der Waals surface area contributed by atoms with Gasteiger partial charge in [-0.1, -0.05) is 0 Å². The molecule has 16 nitrogen and oxygen atoms in total. The van der Waals surface area contributed by atoms with Gasteiger partial charge in [0.15, 0.2) is 11.3 Å². The zero-order valence-corrected chi connectivity index (χ0v) is 34.4. The van der Waals surface area contributed by atoms with Gasteiger partial charge in [0.05, 0.1) is 41.6 Å². The molecule has 1 aliphatic carbocycles. The van der Waals surface area contributed by atoms with Crippen LogP contribution in [0.1, 0.15) is 97.9 Å². The van der Waals surface area contributed by atoms with Gasteiger partial charge in [-0.3, -0.25) is 29.1 Å². The molecule has 5 aromatic rings. The molecule has 19 heteroatoms. The van der Waals surface area contributed by atoms with Crippen molar-refractivity contribution in [2.45, 2.75) is 94.4 Å². The Morgan fingerprint density at radius 2 is 1.82 bits per heavy atom. The van der Waals surface area contributed by atoms with Crippen molar-refractivity contribution >= 4 is 51.5 Å². The van der Waals surface area contributed by atoms with Crippen LogP contribution in [0.5, 0.6) is 0 Å². The van der Waals surface area contributed by atoms with Crippen LogP contribution in [0.2, 0.25) is 0 Å². The normalized spacial score (nSPS) is 24.4. The fourth-order valence-corrected chi connectivity index (χ4v) is 9.89. The molecule has 7 heterocycles. The standard InChI is InChI=1S/C42H52F3N13O3/c1-53(27-11-14-55(15-12-27)29-7-8-30-34(18-29)54(2)51-37(30)31-9-10-36(59)50-41(31)60)20-24-3-5-28(6-4-24)58-23-33(38(52-58)39(44)45)48-42(61)32-19-47-57-16-13-35(49-40(32)57)56-21-25(43)17-26(46)22-56/h7-8,13,16,18-19,23-28,31,39H,3-6,9-12,14-15,17,20-22,46H2,1-2H3,(H,48,61)(H,50,59,60). The van der Waals surface area contributed by atoms with E-state index in [1.165, 1.54) is 16.9 Å². The number of amides is 3. The maximum atomic E-state index is 14.3. The number of imide groups is 1. The number of fused-ring (bicyclic) bond motifs is 2. The molecule has 324 valence electrons. The van der Waals surface area contributed by atoms with Crippen molar-refractivity contribution in [3.63, 3.8) is 0 Å². The number of alkyl halides is 3. The molecule has 4 N–H and O–H groups in total. The Balaban J connectivity index is 0.781. The van der Waals surface area contributed by atoms with E-state index < -0.39 is 30.1 Å². The number of piperidine rings is 3. The van der Waals surface area contributed by atoms with E-state index in [1.807, 2.05) is 17.8 Å². The van der Waals surface area contributed by atoms with Crippen molar-refractivity contribution < 1.29 is 27.6 Å². The molecule has 0 bridgehead atoms. The first kappa shape index (κ1) is 40.8. The zero-order valence-electron chi connectivity index (χ0n) is 34.4. The highest BCUT2D eigenvalue weighted by molar-refractivity contribution is 6.08. The SMILES string of the molecule is CN(CC1CCC(n2cc(NC(=O)c3cnn4ccc(N5CC(N)CC(F)C5)nc34)c(C(F)F)n2)CC1)C1CCN(c2ccc3c(C4CCC(=O)NC4=O)nn(C)c3c2)CC1. The Hall–Kier alpha value is -5.56. The summed E-state index contributed by atoms with van der Waals surface area (Å²) in [4.78, 5) is 49.0. The van der Waals surface area contributed by atoms with Crippen LogP contribution in [0.25, 0.3) is 16.6 Å². The topological polar surface area (TPSA) is 177 Å². The lowest BCUT2D eigenvalue weighted by molar-refractivity contribution is -0.134. The van der Waals surface area contributed by atoms with E-state index in [9.17, 15) is 27.6 Å². The van der Waals surface area contributed by atoms with Crippen molar-refractivity contribution in [2.75, 3.05) is 54.9 Å². The maximum Gasteiger partial charge on any atom is 0.284 e. The van der Waals surface area contributed by atoms with Crippen LogP contribution < -0.4 is 26.2 Å². The third-order valence-electron chi connectivity index (χ3n) is 13.2. The van der Waals surface area contributed by atoms with Crippen LogP contribution in [-0.4, -0.2) is 115 Å². The van der Waals surface area contributed by atoms with Gasteiger partial charge in [-0.2, -0.15) is 15.3 Å². The number of halogens is 3. The highest BCUT2D eigenvalue weighted by atomic mass is 19.3. The van der Waals surface area contributed by atoms with Gasteiger partial charge in [-0.25, -0.2) is 22.7 Å². The first-order chi connectivity index (χ1) is 29.4. The number of rotatable bonds is 10. The highest BCUT2D eigenvalue weighted by Crippen LogP contribution is 2.37. The van der Waals surface area contributed by atoms with Gasteiger partial charge >= 0.3 is 0 Å². The molecule has 3 aliphatic heterocycles. The summed E-state index contributed by atoms with van der Waals surface area (Å²) in [6.45, 7) is 3.34. The molecule has 0 spiro atoms. The fraction of sp³-hybridized carbons (Fsp3) is 0.548. The van der Waals surface area contributed by atoms with E-state index >= 15 is 0 Å². The van der Waals surface area contributed by atoms with Crippen LogP contribution in [0.3, 0.4) is 0 Å². The predicted octanol–water partition coefficient (Wildman–Crippen LogP) is 4.73. The van der Waals surface area contributed by atoms with Gasteiger partial charge < -0.3 is 25.8 Å². The molecule has 1 aromatic carbocycles. The van der Waals surface area contributed by atoms with E-state index in [2.05, 4.69) is 54.8 Å². The van der Waals surface area contributed by atoms with Gasteiger partial charge in [-0.05, 0) is 88.6 Å². The lowest BCUT2D eigenvalue weighted by Crippen LogP contribution is -2.48. The van der Waals surface area contributed by atoms with E-state index in [0.29, 0.717) is 42.9 Å². The number of anilines is 3. The minimum absolute atomic E-state index is 0.0526. The average molecular weight is 844 g/mol. The molecule has 3 atom stereocenters. The lowest BCUT2D eigenvalue weighted by atomic mass is 9.85. The Morgan fingerprint density at radius 3 is 2.56 bits per heavy atom. The Morgan fingerprint density at radius 1 is 1.03 bits per heavy atom. The number of aryl methyl sites for hydroxylation is 1. The monoisotopic (exact) mass is 843 g/mol. The number of benzene rings is 1. The van der Waals surface area contributed by atoms with Gasteiger partial charge in [0.2, 0.25) is 11.8 Å². The molecule has 9 rings (SSSR count). The number of carbonyl (C=O) groups is 3. The Bertz CT molecular complexity index is 2420. The van der Waals surface area contributed by atoms with Gasteiger partial charge in [0, 0.05) is 75.2 Å². The van der Waals surface area contributed by atoms with E-state index in [1.54, 1.807) is 21.8 Å². The number of carbonyl (C=O) groups excluding carboxylic acids is 3. The van der Waals surface area contributed by atoms with Crippen LogP contribution in [0.4, 0.5) is 30.4 Å². The fourth-order valence-electron chi connectivity index (χ4n) is 9.89. The average Bonchev–Trinajstić information content (AvgIpc) is 3.96. The summed E-state index contributed by atoms with van der Waals surface area (Å²) in [7, 11) is 4.09. The molecule has 3 saturated heterocycles. The molecule has 61 heavy (non-hydrogen) atoms. The maximum absolute atomic E-state index is 14.3. The van der Waals surface area contributed by atoms with E-state index in [-0.39, 0.29) is 53.8 Å². The van der Waals surface area contributed by atoms with Gasteiger partial charge in [-0.15, -0.1) is 0 Å². The number of nitrogens with zero attached hydrogens (tertiary/aromatic N) is 10. The van der Waals surface area contributed by atoms with E-state index in [4.69, 9.17) is 10.8 Å². The minimum atomic E-state index is -2.89.